The largest absolute Gasteiger partial charge is 0.465 e. The van der Waals surface area contributed by atoms with Crippen LogP contribution in [0.25, 0.3) is 0 Å². The van der Waals surface area contributed by atoms with Crippen molar-refractivity contribution >= 4 is 11.9 Å². The number of ether oxygens (including phenoxy) is 1. The third kappa shape index (κ3) is 6.00. The molecule has 0 aromatic heterocycles. The van der Waals surface area contributed by atoms with Gasteiger partial charge in [0.1, 0.15) is 0 Å². The van der Waals surface area contributed by atoms with E-state index in [-0.39, 0.29) is 6.61 Å². The zero-order valence-electron chi connectivity index (χ0n) is 11.9. The van der Waals surface area contributed by atoms with Gasteiger partial charge in [0, 0.05) is 13.1 Å². The van der Waals surface area contributed by atoms with Gasteiger partial charge in [-0.1, -0.05) is 20.8 Å². The zero-order chi connectivity index (χ0) is 14.0. The maximum atomic E-state index is 11.9. The second kappa shape index (κ2) is 9.88. The van der Waals surface area contributed by atoms with Crippen molar-refractivity contribution in [1.82, 2.24) is 5.06 Å². The molecule has 0 aromatic rings. The maximum Gasteiger partial charge on any atom is 0.339 e. The first kappa shape index (κ1) is 16.9. The van der Waals surface area contributed by atoms with E-state index in [9.17, 15) is 9.59 Å². The van der Waals surface area contributed by atoms with Crippen LogP contribution in [-0.2, 0) is 19.2 Å². The van der Waals surface area contributed by atoms with Crippen LogP contribution in [0.4, 0.5) is 0 Å². The van der Waals surface area contributed by atoms with Crippen molar-refractivity contribution in [3.63, 3.8) is 0 Å². The number of hydroxylamine groups is 2. The highest BCUT2D eigenvalue weighted by Crippen LogP contribution is 2.10. The predicted molar refractivity (Wildman–Crippen MR) is 68.7 cm³/mol. The second-order valence-corrected chi connectivity index (χ2v) is 4.05. The highest BCUT2D eigenvalue weighted by atomic mass is 16.7. The van der Waals surface area contributed by atoms with E-state index in [1.165, 1.54) is 0 Å². The standard InChI is InChI=1S/C13H25NO4/c1-5-9-14(10-6-2)18-13(16)11(7-3)12(15)17-8-4/h11H,5-10H2,1-4H3. The number of carbonyl (C=O) groups is 2. The molecule has 0 radical (unpaired) electrons. The molecular formula is C13H25NO4. The fourth-order valence-corrected chi connectivity index (χ4v) is 1.57. The van der Waals surface area contributed by atoms with Gasteiger partial charge in [-0.25, -0.2) is 4.79 Å². The van der Waals surface area contributed by atoms with E-state index >= 15 is 0 Å². The minimum atomic E-state index is -0.818. The van der Waals surface area contributed by atoms with Crippen LogP contribution in [0.3, 0.4) is 0 Å². The molecule has 0 rings (SSSR count). The van der Waals surface area contributed by atoms with Crippen LogP contribution in [0.2, 0.25) is 0 Å². The molecule has 106 valence electrons. The monoisotopic (exact) mass is 259 g/mol. The third-order valence-electron chi connectivity index (χ3n) is 2.43. The summed E-state index contributed by atoms with van der Waals surface area (Å²) in [5.41, 5.74) is 0. The lowest BCUT2D eigenvalue weighted by atomic mass is 10.1. The lowest BCUT2D eigenvalue weighted by Crippen LogP contribution is -2.35. The quantitative estimate of drug-likeness (QED) is 0.361. The Labute approximate surface area is 109 Å². The van der Waals surface area contributed by atoms with Gasteiger partial charge in [-0.3, -0.25) is 4.79 Å². The first-order chi connectivity index (χ1) is 8.60. The summed E-state index contributed by atoms with van der Waals surface area (Å²) in [7, 11) is 0. The number of hydrogen-bond acceptors (Lipinski definition) is 5. The van der Waals surface area contributed by atoms with E-state index in [1.807, 2.05) is 13.8 Å². The van der Waals surface area contributed by atoms with E-state index in [2.05, 4.69) is 0 Å². The van der Waals surface area contributed by atoms with Crippen LogP contribution >= 0.6 is 0 Å². The lowest BCUT2D eigenvalue weighted by molar-refractivity contribution is -0.198. The van der Waals surface area contributed by atoms with Crippen LogP contribution in [0.15, 0.2) is 0 Å². The fourth-order valence-electron chi connectivity index (χ4n) is 1.57. The van der Waals surface area contributed by atoms with Gasteiger partial charge in [0.2, 0.25) is 0 Å². The molecule has 1 atom stereocenters. The van der Waals surface area contributed by atoms with E-state index in [4.69, 9.17) is 9.57 Å². The Kier molecular flexibility index (Phi) is 9.28. The molecule has 0 bridgehead atoms. The zero-order valence-corrected chi connectivity index (χ0v) is 11.9. The van der Waals surface area contributed by atoms with Crippen molar-refractivity contribution in [3.8, 4) is 0 Å². The molecule has 0 aliphatic rings. The summed E-state index contributed by atoms with van der Waals surface area (Å²) in [6.07, 6.45) is 2.18. The minimum Gasteiger partial charge on any atom is -0.465 e. The Balaban J connectivity index is 4.43. The maximum absolute atomic E-state index is 11.9. The highest BCUT2D eigenvalue weighted by molar-refractivity contribution is 5.94. The van der Waals surface area contributed by atoms with Crippen LogP contribution in [0, 0.1) is 5.92 Å². The molecule has 0 spiro atoms. The van der Waals surface area contributed by atoms with Crippen molar-refractivity contribution in [2.45, 2.75) is 47.0 Å². The Bertz CT molecular complexity index is 249. The highest BCUT2D eigenvalue weighted by Gasteiger charge is 2.29. The lowest BCUT2D eigenvalue weighted by Gasteiger charge is -2.22. The van der Waals surface area contributed by atoms with Gasteiger partial charge < -0.3 is 9.57 Å². The summed E-state index contributed by atoms with van der Waals surface area (Å²) in [5.74, 6) is -1.84. The summed E-state index contributed by atoms with van der Waals surface area (Å²) in [4.78, 5) is 28.7. The summed E-state index contributed by atoms with van der Waals surface area (Å²) in [5, 5.41) is 1.62. The van der Waals surface area contributed by atoms with Gasteiger partial charge >= 0.3 is 11.9 Å². The summed E-state index contributed by atoms with van der Waals surface area (Å²) < 4.78 is 4.86. The molecule has 0 heterocycles. The average Bonchev–Trinajstić information content (AvgIpc) is 2.30. The molecule has 0 N–H and O–H groups in total. The van der Waals surface area contributed by atoms with E-state index in [0.29, 0.717) is 19.5 Å². The molecule has 1 unspecified atom stereocenters. The summed E-state index contributed by atoms with van der Waals surface area (Å²) >= 11 is 0. The van der Waals surface area contributed by atoms with Gasteiger partial charge in [0.25, 0.3) is 0 Å². The van der Waals surface area contributed by atoms with Crippen molar-refractivity contribution < 1.29 is 19.2 Å². The van der Waals surface area contributed by atoms with Crippen LogP contribution in [0.5, 0.6) is 0 Å². The number of carbonyl (C=O) groups excluding carboxylic acids is 2. The third-order valence-corrected chi connectivity index (χ3v) is 2.43. The first-order valence-electron chi connectivity index (χ1n) is 6.73. The van der Waals surface area contributed by atoms with Crippen LogP contribution < -0.4 is 0 Å². The SMILES string of the molecule is CCCN(CCC)OC(=O)C(CC)C(=O)OCC. The molecule has 0 saturated heterocycles. The Morgan fingerprint density at radius 2 is 1.56 bits per heavy atom. The first-order valence-corrected chi connectivity index (χ1v) is 6.73. The second-order valence-electron chi connectivity index (χ2n) is 4.05. The van der Waals surface area contributed by atoms with Crippen molar-refractivity contribution in [2.24, 2.45) is 5.92 Å². The molecule has 0 amide bonds. The molecule has 5 heteroatoms. The summed E-state index contributed by atoms with van der Waals surface area (Å²) in [6.45, 7) is 9.15. The Morgan fingerprint density at radius 1 is 1.00 bits per heavy atom. The van der Waals surface area contributed by atoms with Crippen molar-refractivity contribution in [1.29, 1.82) is 0 Å². The molecule has 18 heavy (non-hydrogen) atoms. The van der Waals surface area contributed by atoms with E-state index in [1.54, 1.807) is 18.9 Å². The molecule has 5 nitrogen and oxygen atoms in total. The van der Waals surface area contributed by atoms with Crippen LogP contribution in [-0.4, -0.2) is 36.7 Å². The molecule has 0 saturated carbocycles. The smallest absolute Gasteiger partial charge is 0.339 e. The number of nitrogens with zero attached hydrogens (tertiary/aromatic N) is 1. The molecule has 0 aliphatic carbocycles. The number of rotatable bonds is 9. The molecular weight excluding hydrogens is 234 g/mol. The van der Waals surface area contributed by atoms with Crippen LogP contribution in [0.1, 0.15) is 47.0 Å². The Morgan fingerprint density at radius 3 is 1.94 bits per heavy atom. The van der Waals surface area contributed by atoms with Gasteiger partial charge in [-0.15, -0.1) is 5.06 Å². The topological polar surface area (TPSA) is 55.8 Å². The van der Waals surface area contributed by atoms with E-state index < -0.39 is 17.9 Å². The normalized spacial score (nSPS) is 12.3. The summed E-state index contributed by atoms with van der Waals surface area (Å²) in [6, 6.07) is 0. The van der Waals surface area contributed by atoms with Crippen molar-refractivity contribution in [3.05, 3.63) is 0 Å². The number of hydrogen-bond donors (Lipinski definition) is 0. The van der Waals surface area contributed by atoms with E-state index in [0.717, 1.165) is 12.8 Å². The molecule has 0 aromatic carbocycles. The minimum absolute atomic E-state index is 0.274. The van der Waals surface area contributed by atoms with Gasteiger partial charge in [-0.05, 0) is 26.2 Å². The van der Waals surface area contributed by atoms with Gasteiger partial charge in [-0.2, -0.15) is 0 Å². The van der Waals surface area contributed by atoms with Crippen molar-refractivity contribution in [2.75, 3.05) is 19.7 Å². The average molecular weight is 259 g/mol. The molecule has 0 aliphatic heterocycles. The fraction of sp³-hybridized carbons (Fsp3) is 0.846. The van der Waals surface area contributed by atoms with Gasteiger partial charge in [0.05, 0.1) is 6.61 Å². The predicted octanol–water partition coefficient (Wildman–Crippen LogP) is 2.16. The van der Waals surface area contributed by atoms with Gasteiger partial charge in [0.15, 0.2) is 5.92 Å². The molecule has 0 fully saturated rings. The Hall–Kier alpha value is -1.10. The number of esters is 1.